The van der Waals surface area contributed by atoms with Gasteiger partial charge in [-0.1, -0.05) is 44.2 Å². The van der Waals surface area contributed by atoms with E-state index < -0.39 is 0 Å². The van der Waals surface area contributed by atoms with Gasteiger partial charge in [-0.15, -0.1) is 0 Å². The molecule has 4 aromatic carbocycles. The highest BCUT2D eigenvalue weighted by atomic mass is 79.9. The molecule has 5 rings (SSSR count). The van der Waals surface area contributed by atoms with Crippen molar-refractivity contribution < 1.29 is 13.9 Å². The van der Waals surface area contributed by atoms with Crippen molar-refractivity contribution in [2.24, 2.45) is 0 Å². The first-order valence-corrected chi connectivity index (χ1v) is 12.3. The number of ether oxygens (including phenoxy) is 1. The molecule has 0 aliphatic carbocycles. The average Bonchev–Trinajstić information content (AvgIpc) is 3.32. The number of nitrogens with zero attached hydrogens (tertiary/aromatic N) is 1. The second kappa shape index (κ2) is 9.55. The minimum absolute atomic E-state index is 0.250. The van der Waals surface area contributed by atoms with Crippen LogP contribution in [0.25, 0.3) is 33.3 Å². The number of carbonyl (C=O) groups is 1. The fraction of sp³-hybridized carbons (Fsp3) is 0.172. The summed E-state index contributed by atoms with van der Waals surface area (Å²) >= 11 is 3.59. The molecule has 0 radical (unpaired) electrons. The molecule has 0 saturated carbocycles. The Morgan fingerprint density at radius 3 is 2.60 bits per heavy atom. The molecule has 1 atom stereocenters. The molecule has 176 valence electrons. The van der Waals surface area contributed by atoms with Crippen LogP contribution in [-0.4, -0.2) is 18.0 Å². The van der Waals surface area contributed by atoms with E-state index in [9.17, 15) is 4.79 Å². The van der Waals surface area contributed by atoms with Crippen LogP contribution in [-0.2, 0) is 0 Å². The predicted molar refractivity (Wildman–Crippen MR) is 144 cm³/mol. The van der Waals surface area contributed by atoms with Crippen molar-refractivity contribution >= 4 is 49.4 Å². The van der Waals surface area contributed by atoms with Gasteiger partial charge in [-0.25, -0.2) is 4.98 Å². The fourth-order valence-electron chi connectivity index (χ4n) is 4.16. The minimum Gasteiger partial charge on any atom is -0.495 e. The van der Waals surface area contributed by atoms with Gasteiger partial charge in [0.15, 0.2) is 5.58 Å². The Balaban J connectivity index is 1.39. The third-order valence-corrected chi connectivity index (χ3v) is 7.16. The van der Waals surface area contributed by atoms with E-state index >= 15 is 0 Å². The number of aromatic nitrogens is 1. The highest BCUT2D eigenvalue weighted by molar-refractivity contribution is 9.10. The van der Waals surface area contributed by atoms with E-state index in [-0.39, 0.29) is 5.91 Å². The number of hydrogen-bond donors (Lipinski definition) is 1. The van der Waals surface area contributed by atoms with E-state index in [0.717, 1.165) is 38.3 Å². The lowest BCUT2D eigenvalue weighted by Crippen LogP contribution is -2.13. The van der Waals surface area contributed by atoms with Gasteiger partial charge < -0.3 is 14.5 Å². The van der Waals surface area contributed by atoms with Gasteiger partial charge in [0.05, 0.1) is 17.1 Å². The number of methoxy groups -OCH3 is 1. The summed E-state index contributed by atoms with van der Waals surface area (Å²) in [7, 11) is 1.56. The van der Waals surface area contributed by atoms with Crippen LogP contribution in [0, 0.1) is 0 Å². The first-order valence-electron chi connectivity index (χ1n) is 11.6. The van der Waals surface area contributed by atoms with Gasteiger partial charge in [-0.05, 0) is 87.1 Å². The average molecular weight is 529 g/mol. The molecule has 1 aromatic heterocycles. The molecule has 0 bridgehead atoms. The number of anilines is 1. The summed E-state index contributed by atoms with van der Waals surface area (Å²) in [5.41, 5.74) is 4.84. The summed E-state index contributed by atoms with van der Waals surface area (Å²) in [6.45, 7) is 4.39. The molecule has 5 nitrogen and oxygen atoms in total. The maximum absolute atomic E-state index is 13.1. The molecule has 0 fully saturated rings. The van der Waals surface area contributed by atoms with Crippen molar-refractivity contribution in [3.63, 3.8) is 0 Å². The smallest absolute Gasteiger partial charge is 0.259 e. The van der Waals surface area contributed by atoms with Crippen molar-refractivity contribution in [1.29, 1.82) is 0 Å². The maximum atomic E-state index is 13.1. The van der Waals surface area contributed by atoms with Crippen molar-refractivity contribution in [3.8, 4) is 17.2 Å². The zero-order chi connectivity index (χ0) is 24.5. The highest BCUT2D eigenvalue weighted by Gasteiger charge is 2.18. The number of oxazole rings is 1. The lowest BCUT2D eigenvalue weighted by Gasteiger charge is -2.13. The number of amides is 1. The Hall–Kier alpha value is -3.64. The van der Waals surface area contributed by atoms with E-state index in [0.29, 0.717) is 28.8 Å². The molecular weight excluding hydrogens is 504 g/mol. The molecule has 1 amide bonds. The summed E-state index contributed by atoms with van der Waals surface area (Å²) in [4.78, 5) is 17.8. The van der Waals surface area contributed by atoms with Gasteiger partial charge in [-0.3, -0.25) is 4.79 Å². The summed E-state index contributed by atoms with van der Waals surface area (Å²) in [5, 5.41) is 4.90. The number of fused-ring (bicyclic) bond motifs is 2. The van der Waals surface area contributed by atoms with Gasteiger partial charge in [-0.2, -0.15) is 0 Å². The molecule has 0 spiro atoms. The first-order chi connectivity index (χ1) is 17.0. The summed E-state index contributed by atoms with van der Waals surface area (Å²) in [6, 6.07) is 23.3. The van der Waals surface area contributed by atoms with Crippen LogP contribution in [0.1, 0.15) is 42.1 Å². The number of nitrogens with one attached hydrogen (secondary N) is 1. The molecule has 0 aliphatic heterocycles. The second-order valence-corrected chi connectivity index (χ2v) is 9.37. The van der Waals surface area contributed by atoms with Crippen LogP contribution in [0.2, 0.25) is 0 Å². The lowest BCUT2D eigenvalue weighted by molar-refractivity contribution is 0.102. The number of carbonyl (C=O) groups excluding carboxylic acids is 1. The monoisotopic (exact) mass is 528 g/mol. The van der Waals surface area contributed by atoms with Crippen molar-refractivity contribution in [1.82, 2.24) is 4.98 Å². The van der Waals surface area contributed by atoms with E-state index in [2.05, 4.69) is 52.2 Å². The van der Waals surface area contributed by atoms with Crippen LogP contribution in [0.4, 0.5) is 5.69 Å². The number of benzene rings is 4. The van der Waals surface area contributed by atoms with E-state index in [4.69, 9.17) is 9.15 Å². The van der Waals surface area contributed by atoms with Crippen LogP contribution < -0.4 is 10.1 Å². The molecule has 0 aliphatic rings. The largest absolute Gasteiger partial charge is 0.495 e. The maximum Gasteiger partial charge on any atom is 0.259 e. The zero-order valence-electron chi connectivity index (χ0n) is 19.8. The molecule has 1 heterocycles. The Morgan fingerprint density at radius 1 is 1.09 bits per heavy atom. The molecule has 1 N–H and O–H groups in total. The van der Waals surface area contributed by atoms with E-state index in [1.54, 1.807) is 7.11 Å². The van der Waals surface area contributed by atoms with Gasteiger partial charge in [0.1, 0.15) is 11.3 Å². The number of hydrogen-bond acceptors (Lipinski definition) is 4. The second-order valence-electron chi connectivity index (χ2n) is 8.58. The first kappa shape index (κ1) is 23.1. The topological polar surface area (TPSA) is 64.4 Å². The molecule has 0 unspecified atom stereocenters. The quantitative estimate of drug-likeness (QED) is 0.241. The number of rotatable bonds is 6. The summed E-state index contributed by atoms with van der Waals surface area (Å²) in [5.74, 6) is 1.28. The lowest BCUT2D eigenvalue weighted by atomic mass is 9.98. The van der Waals surface area contributed by atoms with Crippen molar-refractivity contribution in [2.45, 2.75) is 26.2 Å². The summed E-state index contributed by atoms with van der Waals surface area (Å²) in [6.07, 6.45) is 1.07. The Bertz CT molecular complexity index is 1540. The minimum atomic E-state index is -0.250. The standard InChI is InChI=1S/C29H25BrN2O3/c1-4-17(2)19-11-14-25-24(16-19)32-29(35-25)18-9-12-21(13-10-18)31-28(33)23-15-20-7-5-6-8-22(20)26(30)27(23)34-3/h5-17H,4H2,1-3H3,(H,31,33)/t17-/m0/s1. The van der Waals surface area contributed by atoms with Crippen LogP contribution in [0.3, 0.4) is 0 Å². The van der Waals surface area contributed by atoms with E-state index in [1.807, 2.05) is 60.7 Å². The predicted octanol–water partition coefficient (Wildman–Crippen LogP) is 8.18. The molecule has 6 heteroatoms. The van der Waals surface area contributed by atoms with Crippen molar-refractivity contribution in [2.75, 3.05) is 12.4 Å². The molecule has 35 heavy (non-hydrogen) atoms. The van der Waals surface area contributed by atoms with Gasteiger partial charge in [0, 0.05) is 11.3 Å². The normalized spacial score (nSPS) is 12.1. The van der Waals surface area contributed by atoms with Gasteiger partial charge in [0.25, 0.3) is 5.91 Å². The van der Waals surface area contributed by atoms with Gasteiger partial charge in [0.2, 0.25) is 5.89 Å². The Kier molecular flexibility index (Phi) is 6.31. The number of halogens is 1. The zero-order valence-corrected chi connectivity index (χ0v) is 21.3. The fourth-order valence-corrected chi connectivity index (χ4v) is 4.89. The SMILES string of the molecule is CC[C@H](C)c1ccc2oc(-c3ccc(NC(=O)c4cc5ccccc5c(Br)c4OC)cc3)nc2c1. The van der Waals surface area contributed by atoms with Crippen LogP contribution in [0.15, 0.2) is 81.7 Å². The Labute approximate surface area is 212 Å². The highest BCUT2D eigenvalue weighted by Crippen LogP contribution is 2.37. The van der Waals surface area contributed by atoms with E-state index in [1.165, 1.54) is 5.56 Å². The Morgan fingerprint density at radius 2 is 1.86 bits per heavy atom. The molecule has 5 aromatic rings. The third kappa shape index (κ3) is 4.42. The molecule has 0 saturated heterocycles. The van der Waals surface area contributed by atoms with Crippen LogP contribution >= 0.6 is 15.9 Å². The summed E-state index contributed by atoms with van der Waals surface area (Å²) < 4.78 is 12.3. The van der Waals surface area contributed by atoms with Gasteiger partial charge >= 0.3 is 0 Å². The third-order valence-electron chi connectivity index (χ3n) is 6.37. The van der Waals surface area contributed by atoms with Crippen LogP contribution in [0.5, 0.6) is 5.75 Å². The molecular formula is C29H25BrN2O3. The van der Waals surface area contributed by atoms with Crippen molar-refractivity contribution in [3.05, 3.63) is 88.4 Å².